The van der Waals surface area contributed by atoms with Crippen molar-refractivity contribution in [2.45, 2.75) is 51.9 Å². The number of carbonyl (C=O) groups is 2. The van der Waals surface area contributed by atoms with E-state index < -0.39 is 5.41 Å². The molecule has 0 aliphatic heterocycles. The van der Waals surface area contributed by atoms with Crippen LogP contribution in [-0.4, -0.2) is 18.9 Å². The van der Waals surface area contributed by atoms with Crippen LogP contribution in [0, 0.1) is 17.3 Å². The zero-order valence-electron chi connectivity index (χ0n) is 10.8. The van der Waals surface area contributed by atoms with Gasteiger partial charge in [-0.1, -0.05) is 26.2 Å². The number of hydrogen-bond donors (Lipinski definition) is 0. The fourth-order valence-corrected chi connectivity index (χ4v) is 3.68. The molecule has 0 amide bonds. The van der Waals surface area contributed by atoms with E-state index in [1.54, 1.807) is 0 Å². The van der Waals surface area contributed by atoms with Crippen molar-refractivity contribution in [1.82, 2.24) is 0 Å². The van der Waals surface area contributed by atoms with Gasteiger partial charge in [0.2, 0.25) is 0 Å². The van der Waals surface area contributed by atoms with Crippen LogP contribution in [0.25, 0.3) is 0 Å². The van der Waals surface area contributed by atoms with Crippen LogP contribution in [0.4, 0.5) is 0 Å². The summed E-state index contributed by atoms with van der Waals surface area (Å²) in [5.74, 6) is 0.129. The second-order valence-corrected chi connectivity index (χ2v) is 5.60. The van der Waals surface area contributed by atoms with Gasteiger partial charge in [0, 0.05) is 5.92 Å². The lowest BCUT2D eigenvalue weighted by Gasteiger charge is -2.31. The van der Waals surface area contributed by atoms with Crippen molar-refractivity contribution in [3.05, 3.63) is 0 Å². The van der Waals surface area contributed by atoms with Crippen molar-refractivity contribution < 1.29 is 14.3 Å². The Morgan fingerprint density at radius 1 is 1.12 bits per heavy atom. The summed E-state index contributed by atoms with van der Waals surface area (Å²) in [6.45, 7) is 2.02. The molecule has 3 heteroatoms. The number of ether oxygens (including phenoxy) is 1. The van der Waals surface area contributed by atoms with Crippen LogP contribution in [-0.2, 0) is 14.3 Å². The molecule has 2 rings (SSSR count). The van der Waals surface area contributed by atoms with Gasteiger partial charge in [0.05, 0.1) is 7.11 Å². The van der Waals surface area contributed by atoms with E-state index in [0.717, 1.165) is 38.5 Å². The predicted molar refractivity (Wildman–Crippen MR) is 64.4 cm³/mol. The largest absolute Gasteiger partial charge is 0.468 e. The Hall–Kier alpha value is -0.860. The summed E-state index contributed by atoms with van der Waals surface area (Å²) in [5, 5.41) is 0. The van der Waals surface area contributed by atoms with Crippen LogP contribution in [0.5, 0.6) is 0 Å². The monoisotopic (exact) mass is 238 g/mol. The molecule has 0 saturated heterocycles. The van der Waals surface area contributed by atoms with Gasteiger partial charge in [-0.3, -0.25) is 9.59 Å². The molecule has 2 unspecified atom stereocenters. The predicted octanol–water partition coefficient (Wildman–Crippen LogP) is 2.73. The molecule has 2 saturated carbocycles. The van der Waals surface area contributed by atoms with Gasteiger partial charge in [-0.15, -0.1) is 0 Å². The minimum atomic E-state index is -0.816. The number of hydrogen-bond acceptors (Lipinski definition) is 3. The fraction of sp³-hybridized carbons (Fsp3) is 0.857. The van der Waals surface area contributed by atoms with Crippen LogP contribution < -0.4 is 0 Å². The molecular formula is C14H22O3. The first-order chi connectivity index (χ1) is 8.13. The van der Waals surface area contributed by atoms with Crippen LogP contribution >= 0.6 is 0 Å². The van der Waals surface area contributed by atoms with Gasteiger partial charge in [0.25, 0.3) is 0 Å². The van der Waals surface area contributed by atoms with E-state index in [1.807, 2.05) is 6.92 Å². The first-order valence-corrected chi connectivity index (χ1v) is 6.75. The Morgan fingerprint density at radius 3 is 2.24 bits per heavy atom. The smallest absolute Gasteiger partial charge is 0.319 e. The highest BCUT2D eigenvalue weighted by Crippen LogP contribution is 2.48. The summed E-state index contributed by atoms with van der Waals surface area (Å²) in [4.78, 5) is 24.8. The SMILES string of the molecule is COC(=O)C1(C(=O)C2CCCC2)CCCC1C. The van der Waals surface area contributed by atoms with E-state index in [-0.39, 0.29) is 23.6 Å². The maximum absolute atomic E-state index is 12.7. The van der Waals surface area contributed by atoms with Gasteiger partial charge >= 0.3 is 5.97 Å². The first kappa shape index (κ1) is 12.6. The zero-order valence-corrected chi connectivity index (χ0v) is 10.8. The van der Waals surface area contributed by atoms with E-state index in [1.165, 1.54) is 7.11 Å². The summed E-state index contributed by atoms with van der Waals surface area (Å²) in [5.41, 5.74) is -0.816. The molecule has 17 heavy (non-hydrogen) atoms. The molecule has 0 aromatic heterocycles. The molecule has 0 spiro atoms. The summed E-state index contributed by atoms with van der Waals surface area (Å²) >= 11 is 0. The highest BCUT2D eigenvalue weighted by Gasteiger charge is 2.55. The van der Waals surface area contributed by atoms with Crippen LogP contribution in [0.2, 0.25) is 0 Å². The molecule has 2 fully saturated rings. The molecule has 0 heterocycles. The average Bonchev–Trinajstić information content (AvgIpc) is 2.96. The third-order valence-corrected chi connectivity index (χ3v) is 4.76. The van der Waals surface area contributed by atoms with Gasteiger partial charge in [-0.05, 0) is 31.6 Å². The number of carbonyl (C=O) groups excluding carboxylic acids is 2. The molecule has 2 aliphatic carbocycles. The van der Waals surface area contributed by atoms with Crippen molar-refractivity contribution in [3.8, 4) is 0 Å². The average molecular weight is 238 g/mol. The molecule has 3 nitrogen and oxygen atoms in total. The Kier molecular flexibility index (Phi) is 3.55. The number of methoxy groups -OCH3 is 1. The quantitative estimate of drug-likeness (QED) is 0.561. The summed E-state index contributed by atoms with van der Waals surface area (Å²) < 4.78 is 4.93. The van der Waals surface area contributed by atoms with Gasteiger partial charge in [-0.2, -0.15) is 0 Å². The van der Waals surface area contributed by atoms with Crippen molar-refractivity contribution >= 4 is 11.8 Å². The molecule has 2 aliphatic rings. The molecule has 0 radical (unpaired) electrons. The number of Topliss-reactive ketones (excluding diaryl/α,β-unsaturated/α-hetero) is 1. The van der Waals surface area contributed by atoms with Crippen LogP contribution in [0.3, 0.4) is 0 Å². The van der Waals surface area contributed by atoms with E-state index in [2.05, 4.69) is 0 Å². The molecule has 0 bridgehead atoms. The first-order valence-electron chi connectivity index (χ1n) is 6.75. The molecular weight excluding hydrogens is 216 g/mol. The highest BCUT2D eigenvalue weighted by atomic mass is 16.5. The summed E-state index contributed by atoms with van der Waals surface area (Å²) in [7, 11) is 1.40. The van der Waals surface area contributed by atoms with E-state index in [4.69, 9.17) is 4.74 Å². The lowest BCUT2D eigenvalue weighted by molar-refractivity contribution is -0.162. The van der Waals surface area contributed by atoms with Crippen molar-refractivity contribution in [1.29, 1.82) is 0 Å². The zero-order chi connectivity index (χ0) is 12.5. The van der Waals surface area contributed by atoms with Gasteiger partial charge in [0.1, 0.15) is 5.41 Å². The Labute approximate surface area is 103 Å². The van der Waals surface area contributed by atoms with Crippen molar-refractivity contribution in [3.63, 3.8) is 0 Å². The fourth-order valence-electron chi connectivity index (χ4n) is 3.68. The second kappa shape index (κ2) is 4.79. The van der Waals surface area contributed by atoms with Crippen LogP contribution in [0.15, 0.2) is 0 Å². The number of rotatable bonds is 3. The van der Waals surface area contributed by atoms with Gasteiger partial charge < -0.3 is 4.74 Å². The maximum Gasteiger partial charge on any atom is 0.319 e. The maximum atomic E-state index is 12.7. The molecule has 0 aromatic carbocycles. The molecule has 96 valence electrons. The normalized spacial score (nSPS) is 33.9. The van der Waals surface area contributed by atoms with E-state index >= 15 is 0 Å². The standard InChI is InChI=1S/C14H22O3/c1-10-6-5-9-14(10,13(16)17-2)12(15)11-7-3-4-8-11/h10-11H,3-9H2,1-2H3. The minimum absolute atomic E-state index is 0.106. The molecule has 0 N–H and O–H groups in total. The lowest BCUT2D eigenvalue weighted by atomic mass is 9.70. The Balaban J connectivity index is 2.26. The van der Waals surface area contributed by atoms with Gasteiger partial charge in [0.15, 0.2) is 5.78 Å². The highest BCUT2D eigenvalue weighted by molar-refractivity contribution is 6.05. The third-order valence-electron chi connectivity index (χ3n) is 4.76. The summed E-state index contributed by atoms with van der Waals surface area (Å²) in [6, 6.07) is 0. The summed E-state index contributed by atoms with van der Waals surface area (Å²) in [6.07, 6.45) is 6.80. The minimum Gasteiger partial charge on any atom is -0.468 e. The van der Waals surface area contributed by atoms with Crippen molar-refractivity contribution in [2.75, 3.05) is 7.11 Å². The molecule has 0 aromatic rings. The van der Waals surface area contributed by atoms with E-state index in [9.17, 15) is 9.59 Å². The van der Waals surface area contributed by atoms with Crippen LogP contribution in [0.1, 0.15) is 51.9 Å². The Morgan fingerprint density at radius 2 is 1.76 bits per heavy atom. The lowest BCUT2D eigenvalue weighted by Crippen LogP contribution is -2.45. The van der Waals surface area contributed by atoms with Crippen molar-refractivity contribution in [2.24, 2.45) is 17.3 Å². The number of ketones is 1. The second-order valence-electron chi connectivity index (χ2n) is 5.60. The van der Waals surface area contributed by atoms with Gasteiger partial charge in [-0.25, -0.2) is 0 Å². The number of esters is 1. The molecule has 2 atom stereocenters. The van der Waals surface area contributed by atoms with E-state index in [0.29, 0.717) is 6.42 Å². The Bertz CT molecular complexity index is 317. The topological polar surface area (TPSA) is 43.4 Å². The third kappa shape index (κ3) is 1.90.